The Morgan fingerprint density at radius 3 is 2.22 bits per heavy atom. The first-order chi connectivity index (χ1) is 12.9. The van der Waals surface area contributed by atoms with Gasteiger partial charge in [-0.3, -0.25) is 4.79 Å². The fourth-order valence-corrected chi connectivity index (χ4v) is 5.27. The van der Waals surface area contributed by atoms with E-state index in [1.807, 2.05) is 13.8 Å². The molecule has 1 aromatic carbocycles. The van der Waals surface area contributed by atoms with Gasteiger partial charge in [-0.05, 0) is 76.6 Å². The summed E-state index contributed by atoms with van der Waals surface area (Å²) < 4.78 is 33.2. The minimum absolute atomic E-state index is 0.0236. The first-order valence-electron chi connectivity index (χ1n) is 9.93. The van der Waals surface area contributed by atoms with E-state index in [9.17, 15) is 13.2 Å². The molecule has 0 unspecified atom stereocenters. The predicted molar refractivity (Wildman–Crippen MR) is 104 cm³/mol. The second-order valence-corrected chi connectivity index (χ2v) is 9.78. The first-order valence-corrected chi connectivity index (χ1v) is 11.4. The van der Waals surface area contributed by atoms with E-state index in [-0.39, 0.29) is 28.9 Å². The Balaban J connectivity index is 1.59. The average molecular weight is 395 g/mol. The molecule has 150 valence electrons. The van der Waals surface area contributed by atoms with Crippen LogP contribution >= 0.6 is 0 Å². The van der Waals surface area contributed by atoms with Crippen LogP contribution in [0.5, 0.6) is 5.75 Å². The van der Waals surface area contributed by atoms with Gasteiger partial charge in [0.15, 0.2) is 0 Å². The molecular formula is C20H30N2O4S. The largest absolute Gasteiger partial charge is 0.490 e. The van der Waals surface area contributed by atoms with E-state index < -0.39 is 10.0 Å². The van der Waals surface area contributed by atoms with Crippen molar-refractivity contribution in [3.05, 3.63) is 24.3 Å². The third kappa shape index (κ3) is 5.02. The van der Waals surface area contributed by atoms with E-state index in [0.29, 0.717) is 25.9 Å². The highest BCUT2D eigenvalue weighted by molar-refractivity contribution is 7.89. The third-order valence-corrected chi connectivity index (χ3v) is 7.23. The highest BCUT2D eigenvalue weighted by Crippen LogP contribution is 2.27. The highest BCUT2D eigenvalue weighted by Gasteiger charge is 2.32. The fourth-order valence-electron chi connectivity index (χ4n) is 3.80. The molecule has 0 atom stereocenters. The summed E-state index contributed by atoms with van der Waals surface area (Å²) in [6.07, 6.45) is 5.90. The predicted octanol–water partition coefficient (Wildman–Crippen LogP) is 2.93. The van der Waals surface area contributed by atoms with E-state index in [2.05, 4.69) is 5.32 Å². The lowest BCUT2D eigenvalue weighted by molar-refractivity contribution is -0.126. The molecule has 1 heterocycles. The van der Waals surface area contributed by atoms with E-state index in [0.717, 1.165) is 18.6 Å². The minimum Gasteiger partial charge on any atom is -0.490 e. The van der Waals surface area contributed by atoms with Crippen molar-refractivity contribution in [2.24, 2.45) is 5.92 Å². The van der Waals surface area contributed by atoms with Gasteiger partial charge >= 0.3 is 0 Å². The van der Waals surface area contributed by atoms with Crippen LogP contribution in [-0.4, -0.2) is 43.9 Å². The van der Waals surface area contributed by atoms with Crippen molar-refractivity contribution in [3.8, 4) is 5.75 Å². The number of nitrogens with zero attached hydrogens (tertiary/aromatic N) is 1. The van der Waals surface area contributed by atoms with Crippen molar-refractivity contribution < 1.29 is 17.9 Å². The van der Waals surface area contributed by atoms with Crippen LogP contribution in [-0.2, 0) is 14.8 Å². The van der Waals surface area contributed by atoms with Crippen molar-refractivity contribution in [3.63, 3.8) is 0 Å². The van der Waals surface area contributed by atoms with E-state index in [4.69, 9.17) is 4.74 Å². The van der Waals surface area contributed by atoms with Crippen molar-refractivity contribution in [1.29, 1.82) is 0 Å². The van der Waals surface area contributed by atoms with Crippen LogP contribution in [0.25, 0.3) is 0 Å². The monoisotopic (exact) mass is 394 g/mol. The molecule has 7 heteroatoms. The summed E-state index contributed by atoms with van der Waals surface area (Å²) in [7, 11) is -3.53. The molecule has 3 rings (SSSR count). The SMILES string of the molecule is CC(C)NC(=O)C1CCN(S(=O)(=O)c2ccc(OC3CCCC3)cc2)CC1. The highest BCUT2D eigenvalue weighted by atomic mass is 32.2. The van der Waals surface area contributed by atoms with Crippen LogP contribution in [0.3, 0.4) is 0 Å². The number of benzene rings is 1. The number of hydrogen-bond acceptors (Lipinski definition) is 4. The number of rotatable bonds is 6. The molecule has 27 heavy (non-hydrogen) atoms. The quantitative estimate of drug-likeness (QED) is 0.805. The molecule has 0 bridgehead atoms. The van der Waals surface area contributed by atoms with Crippen molar-refractivity contribution >= 4 is 15.9 Å². The van der Waals surface area contributed by atoms with Gasteiger partial charge in [0.2, 0.25) is 15.9 Å². The zero-order valence-electron chi connectivity index (χ0n) is 16.2. The summed E-state index contributed by atoms with van der Waals surface area (Å²) in [5, 5.41) is 2.91. The molecule has 2 fully saturated rings. The smallest absolute Gasteiger partial charge is 0.243 e. The molecule has 0 radical (unpaired) electrons. The average Bonchev–Trinajstić information content (AvgIpc) is 3.15. The van der Waals surface area contributed by atoms with Crippen LogP contribution in [0.4, 0.5) is 0 Å². The van der Waals surface area contributed by atoms with Gasteiger partial charge in [0.05, 0.1) is 11.0 Å². The summed E-state index contributed by atoms with van der Waals surface area (Å²) in [6, 6.07) is 6.83. The van der Waals surface area contributed by atoms with Gasteiger partial charge in [-0.2, -0.15) is 4.31 Å². The maximum absolute atomic E-state index is 12.9. The molecule has 1 saturated heterocycles. The summed E-state index contributed by atoms with van der Waals surface area (Å²) in [4.78, 5) is 12.4. The van der Waals surface area contributed by atoms with Crippen LogP contribution in [0.2, 0.25) is 0 Å². The van der Waals surface area contributed by atoms with Crippen molar-refractivity contribution in [1.82, 2.24) is 9.62 Å². The summed E-state index contributed by atoms with van der Waals surface area (Å²) in [5.74, 6) is 0.640. The fraction of sp³-hybridized carbons (Fsp3) is 0.650. The lowest BCUT2D eigenvalue weighted by atomic mass is 9.97. The number of amides is 1. The Labute approximate surface area is 162 Å². The van der Waals surface area contributed by atoms with Gasteiger partial charge in [0.25, 0.3) is 0 Å². The van der Waals surface area contributed by atoms with Crippen molar-refractivity contribution in [2.45, 2.75) is 69.4 Å². The number of carbonyl (C=O) groups is 1. The zero-order valence-corrected chi connectivity index (χ0v) is 17.0. The Morgan fingerprint density at radius 2 is 1.67 bits per heavy atom. The molecule has 1 N–H and O–H groups in total. The molecule has 1 aliphatic heterocycles. The van der Waals surface area contributed by atoms with Gasteiger partial charge < -0.3 is 10.1 Å². The van der Waals surface area contributed by atoms with Crippen LogP contribution in [0.1, 0.15) is 52.4 Å². The van der Waals surface area contributed by atoms with E-state index in [1.165, 1.54) is 17.1 Å². The standard InChI is InChI=1S/C20H30N2O4S/c1-15(2)21-20(23)16-11-13-22(14-12-16)27(24,25)19-9-7-18(8-10-19)26-17-5-3-4-6-17/h7-10,15-17H,3-6,11-14H2,1-2H3,(H,21,23). The maximum Gasteiger partial charge on any atom is 0.243 e. The Bertz CT molecular complexity index is 732. The molecule has 0 aromatic heterocycles. The van der Waals surface area contributed by atoms with Gasteiger partial charge in [0.1, 0.15) is 5.75 Å². The van der Waals surface area contributed by atoms with E-state index >= 15 is 0 Å². The molecule has 1 saturated carbocycles. The molecule has 1 aromatic rings. The first kappa shape index (κ1) is 20.1. The summed E-state index contributed by atoms with van der Waals surface area (Å²) in [6.45, 7) is 4.60. The van der Waals surface area contributed by atoms with Crippen LogP contribution in [0.15, 0.2) is 29.2 Å². The number of carbonyl (C=O) groups excluding carboxylic acids is 1. The maximum atomic E-state index is 12.9. The molecule has 1 amide bonds. The van der Waals surface area contributed by atoms with Crippen LogP contribution in [0, 0.1) is 5.92 Å². The Hall–Kier alpha value is -1.60. The number of ether oxygens (including phenoxy) is 1. The van der Waals surface area contributed by atoms with Gasteiger partial charge in [-0.1, -0.05) is 0 Å². The molecule has 0 spiro atoms. The van der Waals surface area contributed by atoms with Gasteiger partial charge in [0, 0.05) is 25.0 Å². The molecular weight excluding hydrogens is 364 g/mol. The number of hydrogen-bond donors (Lipinski definition) is 1. The lowest BCUT2D eigenvalue weighted by Crippen LogP contribution is -2.44. The molecule has 1 aliphatic carbocycles. The van der Waals surface area contributed by atoms with Crippen molar-refractivity contribution in [2.75, 3.05) is 13.1 Å². The zero-order chi connectivity index (χ0) is 19.4. The number of sulfonamides is 1. The summed E-state index contributed by atoms with van der Waals surface area (Å²) >= 11 is 0. The van der Waals surface area contributed by atoms with Gasteiger partial charge in [-0.15, -0.1) is 0 Å². The number of piperidine rings is 1. The normalized spacial score (nSPS) is 20.1. The van der Waals surface area contributed by atoms with Gasteiger partial charge in [-0.25, -0.2) is 8.42 Å². The topological polar surface area (TPSA) is 75.7 Å². The second kappa shape index (κ2) is 8.61. The molecule has 6 nitrogen and oxygen atoms in total. The van der Waals surface area contributed by atoms with E-state index in [1.54, 1.807) is 24.3 Å². The third-order valence-electron chi connectivity index (χ3n) is 5.32. The minimum atomic E-state index is -3.53. The van der Waals surface area contributed by atoms with Crippen LogP contribution < -0.4 is 10.1 Å². The lowest BCUT2D eigenvalue weighted by Gasteiger charge is -2.31. The summed E-state index contributed by atoms with van der Waals surface area (Å²) in [5.41, 5.74) is 0. The Morgan fingerprint density at radius 1 is 1.07 bits per heavy atom. The molecule has 2 aliphatic rings. The second-order valence-electron chi connectivity index (χ2n) is 7.84. The number of nitrogens with one attached hydrogen (secondary N) is 1. The Kier molecular flexibility index (Phi) is 6.42.